The second kappa shape index (κ2) is 8.61. The molecule has 8 heteroatoms. The highest BCUT2D eigenvalue weighted by molar-refractivity contribution is 6.39. The molecular formula is C26H17ClFN3O3. The first-order chi connectivity index (χ1) is 16.4. The van der Waals surface area contributed by atoms with E-state index in [1.807, 2.05) is 59.3 Å². The number of aromatic nitrogens is 1. The summed E-state index contributed by atoms with van der Waals surface area (Å²) in [6, 6.07) is 19.1. The number of halogens is 2. The Kier molecular flexibility index (Phi) is 5.47. The van der Waals surface area contributed by atoms with Crippen LogP contribution in [0, 0.1) is 5.82 Å². The van der Waals surface area contributed by atoms with Gasteiger partial charge in [-0.3, -0.25) is 14.9 Å². The van der Waals surface area contributed by atoms with Crippen LogP contribution in [-0.2, 0) is 16.1 Å². The summed E-state index contributed by atoms with van der Waals surface area (Å²) in [5.74, 6) is -2.08. The van der Waals surface area contributed by atoms with Crippen molar-refractivity contribution in [1.29, 1.82) is 0 Å². The number of amides is 4. The molecule has 1 aliphatic rings. The fourth-order valence-electron chi connectivity index (χ4n) is 3.95. The summed E-state index contributed by atoms with van der Waals surface area (Å²) in [6.45, 7) is 0.557. The number of hydrogen-bond donors (Lipinski definition) is 1. The quantitative estimate of drug-likeness (QED) is 0.329. The van der Waals surface area contributed by atoms with Crippen LogP contribution in [0.15, 0.2) is 84.6 Å². The maximum Gasteiger partial charge on any atom is 0.335 e. The Morgan fingerprint density at radius 2 is 1.62 bits per heavy atom. The van der Waals surface area contributed by atoms with Crippen LogP contribution in [-0.4, -0.2) is 22.4 Å². The number of nitrogens with one attached hydrogen (secondary N) is 1. The van der Waals surface area contributed by atoms with E-state index in [-0.39, 0.29) is 11.3 Å². The van der Waals surface area contributed by atoms with Gasteiger partial charge in [0.05, 0.1) is 5.69 Å². The van der Waals surface area contributed by atoms with Crippen molar-refractivity contribution in [2.75, 3.05) is 4.90 Å². The van der Waals surface area contributed by atoms with Gasteiger partial charge in [-0.05, 0) is 54.1 Å². The van der Waals surface area contributed by atoms with Crippen molar-refractivity contribution >= 4 is 52.1 Å². The molecule has 1 saturated heterocycles. The second-order valence-electron chi connectivity index (χ2n) is 7.79. The second-order valence-corrected chi connectivity index (χ2v) is 8.23. The molecule has 0 aliphatic carbocycles. The lowest BCUT2D eigenvalue weighted by molar-refractivity contribution is -0.122. The molecule has 6 nitrogen and oxygen atoms in total. The van der Waals surface area contributed by atoms with Gasteiger partial charge >= 0.3 is 6.03 Å². The van der Waals surface area contributed by atoms with Gasteiger partial charge in [0.25, 0.3) is 11.8 Å². The smallest absolute Gasteiger partial charge is 0.335 e. The number of carbonyl (C=O) groups is 3. The number of hydrogen-bond acceptors (Lipinski definition) is 3. The molecule has 2 heterocycles. The van der Waals surface area contributed by atoms with Gasteiger partial charge in [0.1, 0.15) is 11.4 Å². The van der Waals surface area contributed by atoms with Gasteiger partial charge in [0.15, 0.2) is 0 Å². The lowest BCUT2D eigenvalue weighted by atomic mass is 10.1. The number of carbonyl (C=O) groups excluding carboxylic acids is 3. The van der Waals surface area contributed by atoms with E-state index >= 15 is 0 Å². The highest BCUT2D eigenvalue weighted by Crippen LogP contribution is 2.27. The first-order valence-electron chi connectivity index (χ1n) is 10.4. The van der Waals surface area contributed by atoms with Gasteiger partial charge < -0.3 is 4.57 Å². The average molecular weight is 474 g/mol. The Balaban J connectivity index is 1.56. The molecule has 0 atom stereocenters. The van der Waals surface area contributed by atoms with Crippen LogP contribution in [0.5, 0.6) is 0 Å². The molecule has 5 rings (SSSR count). The third kappa shape index (κ3) is 3.97. The Bertz CT molecular complexity index is 1470. The largest absolute Gasteiger partial charge is 0.342 e. The van der Waals surface area contributed by atoms with E-state index in [4.69, 9.17) is 11.6 Å². The topological polar surface area (TPSA) is 71.4 Å². The van der Waals surface area contributed by atoms with E-state index in [9.17, 15) is 18.8 Å². The zero-order valence-corrected chi connectivity index (χ0v) is 18.4. The molecule has 34 heavy (non-hydrogen) atoms. The molecule has 0 unspecified atom stereocenters. The summed E-state index contributed by atoms with van der Waals surface area (Å²) in [5.41, 5.74) is 2.56. The molecule has 0 bridgehead atoms. The third-order valence-corrected chi connectivity index (χ3v) is 5.82. The molecule has 4 amide bonds. The van der Waals surface area contributed by atoms with Crippen molar-refractivity contribution < 1.29 is 18.8 Å². The van der Waals surface area contributed by atoms with Gasteiger partial charge in [-0.15, -0.1) is 0 Å². The Hall–Kier alpha value is -4.23. The SMILES string of the molecule is O=C1NC(=O)N(c2ccc(F)cc2)C(=O)/C1=C/c1cn(Cc2ccc(Cl)cc2)c2ccccc12. The zero-order valence-electron chi connectivity index (χ0n) is 17.7. The van der Waals surface area contributed by atoms with Gasteiger partial charge in [-0.1, -0.05) is 41.9 Å². The van der Waals surface area contributed by atoms with E-state index in [1.165, 1.54) is 18.2 Å². The van der Waals surface area contributed by atoms with Crippen LogP contribution < -0.4 is 10.2 Å². The fourth-order valence-corrected chi connectivity index (χ4v) is 4.07. The number of barbiturate groups is 1. The number of imide groups is 2. The molecule has 4 aromatic rings. The van der Waals surface area contributed by atoms with Crippen molar-refractivity contribution in [3.8, 4) is 0 Å². The van der Waals surface area contributed by atoms with Gasteiger partial charge in [-0.2, -0.15) is 0 Å². The molecule has 3 aromatic carbocycles. The number of rotatable bonds is 4. The Labute approximate surface area is 198 Å². The highest BCUT2D eigenvalue weighted by atomic mass is 35.5. The van der Waals surface area contributed by atoms with Crippen molar-refractivity contribution in [2.24, 2.45) is 0 Å². The van der Waals surface area contributed by atoms with Crippen LogP contribution in [0.2, 0.25) is 5.02 Å². The fraction of sp³-hybridized carbons (Fsp3) is 0.0385. The first kappa shape index (κ1) is 21.6. The predicted molar refractivity (Wildman–Crippen MR) is 128 cm³/mol. The van der Waals surface area contributed by atoms with Gasteiger partial charge in [-0.25, -0.2) is 14.1 Å². The molecule has 0 spiro atoms. The van der Waals surface area contributed by atoms with E-state index in [0.717, 1.165) is 33.5 Å². The van der Waals surface area contributed by atoms with Crippen molar-refractivity contribution in [1.82, 2.24) is 9.88 Å². The summed E-state index contributed by atoms with van der Waals surface area (Å²) in [7, 11) is 0. The third-order valence-electron chi connectivity index (χ3n) is 5.57. The molecule has 1 aliphatic heterocycles. The lowest BCUT2D eigenvalue weighted by Gasteiger charge is -2.26. The number of fused-ring (bicyclic) bond motifs is 1. The van der Waals surface area contributed by atoms with Crippen LogP contribution in [0.1, 0.15) is 11.1 Å². The molecule has 1 N–H and O–H groups in total. The molecule has 0 saturated carbocycles. The summed E-state index contributed by atoms with van der Waals surface area (Å²) >= 11 is 5.99. The number of benzene rings is 3. The molecule has 1 fully saturated rings. The van der Waals surface area contributed by atoms with E-state index in [1.54, 1.807) is 0 Å². The first-order valence-corrected chi connectivity index (χ1v) is 10.8. The van der Waals surface area contributed by atoms with Crippen LogP contribution in [0.25, 0.3) is 17.0 Å². The van der Waals surface area contributed by atoms with Crippen molar-refractivity contribution in [2.45, 2.75) is 6.54 Å². The molecule has 0 radical (unpaired) electrons. The monoisotopic (exact) mass is 473 g/mol. The molecular weight excluding hydrogens is 457 g/mol. The van der Waals surface area contributed by atoms with Crippen molar-refractivity contribution in [3.63, 3.8) is 0 Å². The van der Waals surface area contributed by atoms with Crippen LogP contribution >= 0.6 is 11.6 Å². The summed E-state index contributed by atoms with van der Waals surface area (Å²) in [4.78, 5) is 39.0. The standard InChI is InChI=1S/C26H17ClFN3O3/c27-18-7-5-16(6-8-18)14-30-15-17(21-3-1-2-4-23(21)30)13-22-24(32)29-26(34)31(25(22)33)20-11-9-19(28)10-12-20/h1-13,15H,14H2,(H,29,32,34)/b22-13+. The number of anilines is 1. The van der Waals surface area contributed by atoms with Crippen LogP contribution in [0.3, 0.4) is 0 Å². The predicted octanol–water partition coefficient (Wildman–Crippen LogP) is 5.15. The summed E-state index contributed by atoms with van der Waals surface area (Å²) < 4.78 is 15.3. The maximum absolute atomic E-state index is 13.3. The average Bonchev–Trinajstić information content (AvgIpc) is 3.16. The minimum absolute atomic E-state index is 0.160. The van der Waals surface area contributed by atoms with Crippen LogP contribution in [0.4, 0.5) is 14.9 Å². The van der Waals surface area contributed by atoms with Gasteiger partial charge in [0.2, 0.25) is 0 Å². The van der Waals surface area contributed by atoms with E-state index in [2.05, 4.69) is 5.32 Å². The van der Waals surface area contributed by atoms with Gasteiger partial charge in [0, 0.05) is 34.2 Å². The molecule has 1 aromatic heterocycles. The van der Waals surface area contributed by atoms with Crippen molar-refractivity contribution in [3.05, 3.63) is 107 Å². The van der Waals surface area contributed by atoms with E-state index < -0.39 is 23.7 Å². The molecule has 168 valence electrons. The maximum atomic E-state index is 13.3. The zero-order chi connectivity index (χ0) is 23.8. The Morgan fingerprint density at radius 1 is 0.912 bits per heavy atom. The minimum atomic E-state index is -0.885. The number of para-hydroxylation sites is 1. The number of urea groups is 1. The summed E-state index contributed by atoms with van der Waals surface area (Å²) in [6.07, 6.45) is 3.33. The highest BCUT2D eigenvalue weighted by Gasteiger charge is 2.37. The summed E-state index contributed by atoms with van der Waals surface area (Å²) in [5, 5.41) is 3.68. The minimum Gasteiger partial charge on any atom is -0.342 e. The number of nitrogens with zero attached hydrogens (tertiary/aromatic N) is 2. The Morgan fingerprint density at radius 3 is 2.35 bits per heavy atom. The normalized spacial score (nSPS) is 15.3. The lowest BCUT2D eigenvalue weighted by Crippen LogP contribution is -2.54. The van der Waals surface area contributed by atoms with E-state index in [0.29, 0.717) is 17.1 Å².